The Kier molecular flexibility index (Phi) is 4.50. The molecular formula is C25H23ClN2O3. The molecule has 0 amide bonds. The van der Waals surface area contributed by atoms with Crippen LogP contribution < -0.4 is 5.56 Å². The van der Waals surface area contributed by atoms with Gasteiger partial charge in [-0.05, 0) is 44.1 Å². The van der Waals surface area contributed by atoms with Crippen molar-refractivity contribution in [2.75, 3.05) is 20.6 Å². The van der Waals surface area contributed by atoms with Crippen LogP contribution in [0.15, 0.2) is 53.3 Å². The van der Waals surface area contributed by atoms with E-state index in [0.717, 1.165) is 12.1 Å². The van der Waals surface area contributed by atoms with E-state index in [-0.39, 0.29) is 27.3 Å². The monoisotopic (exact) mass is 434 g/mol. The van der Waals surface area contributed by atoms with Gasteiger partial charge in [-0.25, -0.2) is 0 Å². The summed E-state index contributed by atoms with van der Waals surface area (Å²) >= 11 is 6.38. The third-order valence-electron chi connectivity index (χ3n) is 6.29. The van der Waals surface area contributed by atoms with Crippen molar-refractivity contribution in [3.63, 3.8) is 0 Å². The van der Waals surface area contributed by atoms with Crippen LogP contribution in [0, 0.1) is 0 Å². The number of H-pyrrole nitrogens is 1. The molecule has 6 heteroatoms. The van der Waals surface area contributed by atoms with E-state index < -0.39 is 5.56 Å². The van der Waals surface area contributed by atoms with Crippen molar-refractivity contribution in [2.45, 2.75) is 18.3 Å². The Morgan fingerprint density at radius 2 is 1.74 bits per heavy atom. The second-order valence-electron chi connectivity index (χ2n) is 8.75. The molecule has 1 fully saturated rings. The summed E-state index contributed by atoms with van der Waals surface area (Å²) in [6.07, 6.45) is 2.34. The number of phenols is 2. The van der Waals surface area contributed by atoms with Crippen LogP contribution in [0.2, 0.25) is 5.02 Å². The lowest BCUT2D eigenvalue weighted by atomic mass is 9.91. The first kappa shape index (κ1) is 19.9. The molecule has 0 aliphatic heterocycles. The number of hydrogen-bond acceptors (Lipinski definition) is 4. The maximum absolute atomic E-state index is 12.6. The maximum Gasteiger partial charge on any atom is 0.260 e. The van der Waals surface area contributed by atoms with Crippen molar-refractivity contribution < 1.29 is 10.2 Å². The van der Waals surface area contributed by atoms with E-state index in [4.69, 9.17) is 11.6 Å². The van der Waals surface area contributed by atoms with E-state index in [1.165, 1.54) is 30.5 Å². The molecule has 0 radical (unpaired) electrons. The zero-order valence-corrected chi connectivity index (χ0v) is 18.1. The minimum absolute atomic E-state index is 0.0244. The first-order chi connectivity index (χ1) is 14.8. The number of benzene rings is 3. The molecule has 3 N–H and O–H groups in total. The summed E-state index contributed by atoms with van der Waals surface area (Å²) in [5, 5.41) is 22.7. The Hall–Kier alpha value is -3.02. The van der Waals surface area contributed by atoms with E-state index in [9.17, 15) is 15.0 Å². The molecule has 1 aliphatic rings. The first-order valence-corrected chi connectivity index (χ1v) is 10.6. The van der Waals surface area contributed by atoms with Crippen molar-refractivity contribution >= 4 is 33.3 Å². The molecule has 0 bridgehead atoms. The van der Waals surface area contributed by atoms with E-state index in [0.29, 0.717) is 21.9 Å². The Morgan fingerprint density at radius 3 is 2.39 bits per heavy atom. The van der Waals surface area contributed by atoms with Gasteiger partial charge in [-0.15, -0.1) is 0 Å². The number of aromatic hydroxyl groups is 2. The van der Waals surface area contributed by atoms with Gasteiger partial charge in [0.2, 0.25) is 0 Å². The predicted molar refractivity (Wildman–Crippen MR) is 125 cm³/mol. The molecule has 5 rings (SSSR count). The number of pyridine rings is 1. The van der Waals surface area contributed by atoms with Crippen LogP contribution in [0.3, 0.4) is 0 Å². The van der Waals surface area contributed by atoms with Gasteiger partial charge >= 0.3 is 0 Å². The Labute approximate surface area is 184 Å². The summed E-state index contributed by atoms with van der Waals surface area (Å²) in [6.45, 7) is 1.01. The summed E-state index contributed by atoms with van der Waals surface area (Å²) in [4.78, 5) is 17.6. The largest absolute Gasteiger partial charge is 0.507 e. The predicted octanol–water partition coefficient (Wildman–Crippen LogP) is 5.01. The molecule has 1 saturated carbocycles. The Morgan fingerprint density at radius 1 is 1.03 bits per heavy atom. The number of hydrogen-bond donors (Lipinski definition) is 3. The second-order valence-corrected chi connectivity index (χ2v) is 9.16. The summed E-state index contributed by atoms with van der Waals surface area (Å²) in [5.74, 6) is -0.0860. The number of aromatic amines is 1. The molecule has 31 heavy (non-hydrogen) atoms. The number of rotatable bonds is 4. The molecule has 0 atom stereocenters. The van der Waals surface area contributed by atoms with Gasteiger partial charge in [0.15, 0.2) is 0 Å². The number of halogens is 1. The van der Waals surface area contributed by atoms with Gasteiger partial charge in [0.05, 0.1) is 15.9 Å². The average molecular weight is 435 g/mol. The number of aromatic nitrogens is 1. The number of phenolic OH excluding ortho intramolecular Hbond substituents is 2. The minimum atomic E-state index is -0.422. The lowest BCUT2D eigenvalue weighted by Crippen LogP contribution is -2.25. The maximum atomic E-state index is 12.6. The molecule has 0 saturated heterocycles. The number of nitrogens with zero attached hydrogens (tertiary/aromatic N) is 1. The minimum Gasteiger partial charge on any atom is -0.507 e. The van der Waals surface area contributed by atoms with E-state index in [1.807, 2.05) is 12.1 Å². The third kappa shape index (κ3) is 3.16. The molecule has 1 aromatic heterocycles. The summed E-state index contributed by atoms with van der Waals surface area (Å²) in [5.41, 5.74) is 2.91. The highest BCUT2D eigenvalue weighted by Gasteiger charge is 2.44. The third-order valence-corrected chi connectivity index (χ3v) is 6.59. The van der Waals surface area contributed by atoms with Crippen LogP contribution >= 0.6 is 11.6 Å². The highest BCUT2D eigenvalue weighted by atomic mass is 35.5. The SMILES string of the molecule is CN(C)CC1(c2ccc(-c3c(O)cc(Cl)c4[nH]c(=O)c5c(O)cccc5c34)cc2)CC1. The van der Waals surface area contributed by atoms with Crippen LogP contribution in [0.4, 0.5) is 0 Å². The smallest absolute Gasteiger partial charge is 0.260 e. The molecule has 1 aliphatic carbocycles. The molecular weight excluding hydrogens is 412 g/mol. The molecule has 158 valence electrons. The zero-order chi connectivity index (χ0) is 21.9. The lowest BCUT2D eigenvalue weighted by molar-refractivity contribution is 0.362. The van der Waals surface area contributed by atoms with Gasteiger partial charge in [0.1, 0.15) is 11.5 Å². The fourth-order valence-corrected chi connectivity index (χ4v) is 5.01. The van der Waals surface area contributed by atoms with Crippen LogP contribution in [0.25, 0.3) is 32.8 Å². The average Bonchev–Trinajstić information content (AvgIpc) is 3.49. The normalized spacial score (nSPS) is 15.1. The van der Waals surface area contributed by atoms with Crippen LogP contribution in [0.5, 0.6) is 11.5 Å². The fourth-order valence-electron chi connectivity index (χ4n) is 4.77. The van der Waals surface area contributed by atoms with Gasteiger partial charge in [-0.2, -0.15) is 0 Å². The van der Waals surface area contributed by atoms with Crippen molar-refractivity contribution in [3.8, 4) is 22.6 Å². The standard InChI is InChI=1S/C25H23ClN2O3/c1-28(2)13-25(10-11-25)15-8-6-14(7-9-15)20-19(30)12-17(26)23-22(20)16-4-3-5-18(29)21(16)24(31)27-23/h3-9,12,29-30H,10-11,13H2,1-2H3,(H,27,31). The molecule has 1 heterocycles. The van der Waals surface area contributed by atoms with E-state index in [1.54, 1.807) is 12.1 Å². The molecule has 5 nitrogen and oxygen atoms in total. The fraction of sp³-hybridized carbons (Fsp3) is 0.240. The first-order valence-electron chi connectivity index (χ1n) is 10.3. The quantitative estimate of drug-likeness (QED) is 0.395. The zero-order valence-electron chi connectivity index (χ0n) is 17.4. The number of fused-ring (bicyclic) bond motifs is 3. The van der Waals surface area contributed by atoms with Gasteiger partial charge in [-0.1, -0.05) is 48.0 Å². The highest BCUT2D eigenvalue weighted by Crippen LogP contribution is 2.49. The summed E-state index contributed by atoms with van der Waals surface area (Å²) < 4.78 is 0. The Bertz CT molecular complexity index is 1390. The summed E-state index contributed by atoms with van der Waals surface area (Å²) in [7, 11) is 4.18. The highest BCUT2D eigenvalue weighted by molar-refractivity contribution is 6.37. The van der Waals surface area contributed by atoms with Crippen LogP contribution in [0.1, 0.15) is 18.4 Å². The molecule has 3 aromatic carbocycles. The van der Waals surface area contributed by atoms with E-state index in [2.05, 4.69) is 36.1 Å². The van der Waals surface area contributed by atoms with Crippen molar-refractivity contribution in [1.29, 1.82) is 0 Å². The van der Waals surface area contributed by atoms with E-state index >= 15 is 0 Å². The van der Waals surface area contributed by atoms with Gasteiger partial charge < -0.3 is 20.1 Å². The Balaban J connectivity index is 1.76. The lowest BCUT2D eigenvalue weighted by Gasteiger charge is -2.21. The van der Waals surface area contributed by atoms with Crippen LogP contribution in [-0.2, 0) is 5.41 Å². The van der Waals surface area contributed by atoms with Crippen LogP contribution in [-0.4, -0.2) is 40.7 Å². The topological polar surface area (TPSA) is 76.6 Å². The second kappa shape index (κ2) is 7.01. The molecule has 0 spiro atoms. The van der Waals surface area contributed by atoms with Crippen molar-refractivity contribution in [2.24, 2.45) is 0 Å². The number of likely N-dealkylation sites (N-methyl/N-ethyl adjacent to an activating group) is 1. The van der Waals surface area contributed by atoms with Crippen molar-refractivity contribution in [1.82, 2.24) is 9.88 Å². The van der Waals surface area contributed by atoms with Gasteiger partial charge in [0, 0.05) is 34.4 Å². The summed E-state index contributed by atoms with van der Waals surface area (Å²) in [6, 6.07) is 14.6. The molecule has 4 aromatic rings. The van der Waals surface area contributed by atoms with Crippen molar-refractivity contribution in [3.05, 3.63) is 69.5 Å². The van der Waals surface area contributed by atoms with Gasteiger partial charge in [0.25, 0.3) is 5.56 Å². The number of nitrogens with one attached hydrogen (secondary N) is 1. The molecule has 0 unspecified atom stereocenters. The van der Waals surface area contributed by atoms with Gasteiger partial charge in [-0.3, -0.25) is 4.79 Å².